The molecule has 1 aliphatic rings. The van der Waals surface area contributed by atoms with Crippen molar-refractivity contribution in [1.82, 2.24) is 9.97 Å². The Hall–Kier alpha value is -1.36. The molecule has 2 heterocycles. The average Bonchev–Trinajstić information content (AvgIpc) is 2.89. The van der Waals surface area contributed by atoms with Crippen molar-refractivity contribution in [3.05, 3.63) is 11.8 Å². The third-order valence-electron chi connectivity index (χ3n) is 3.20. The summed E-state index contributed by atoms with van der Waals surface area (Å²) in [6, 6.07) is 1.97. The lowest BCUT2D eigenvalue weighted by molar-refractivity contribution is 0.120. The van der Waals surface area contributed by atoms with Crippen LogP contribution in [0.25, 0.3) is 0 Å². The number of aromatic nitrogens is 2. The molecule has 0 radical (unpaired) electrons. The van der Waals surface area contributed by atoms with E-state index in [9.17, 15) is 0 Å². The smallest absolute Gasteiger partial charge is 0.224 e. The summed E-state index contributed by atoms with van der Waals surface area (Å²) in [7, 11) is 0. The zero-order chi connectivity index (χ0) is 13.5. The minimum absolute atomic E-state index is 0.326. The van der Waals surface area contributed by atoms with Crippen LogP contribution in [0.1, 0.15) is 38.3 Å². The molecule has 1 aliphatic heterocycles. The van der Waals surface area contributed by atoms with Gasteiger partial charge in [-0.2, -0.15) is 4.98 Å². The highest BCUT2D eigenvalue weighted by atomic mass is 16.5. The van der Waals surface area contributed by atoms with Crippen molar-refractivity contribution >= 4 is 11.8 Å². The largest absolute Gasteiger partial charge is 0.376 e. The van der Waals surface area contributed by atoms with Crippen molar-refractivity contribution in [3.8, 4) is 0 Å². The van der Waals surface area contributed by atoms with Crippen LogP contribution in [0.2, 0.25) is 0 Å². The molecule has 2 N–H and O–H groups in total. The summed E-state index contributed by atoms with van der Waals surface area (Å²) in [5.41, 5.74) is 0.976. The van der Waals surface area contributed by atoms with Crippen molar-refractivity contribution in [1.29, 1.82) is 0 Å². The van der Waals surface area contributed by atoms with E-state index >= 15 is 0 Å². The monoisotopic (exact) mass is 264 g/mol. The molecule has 1 atom stereocenters. The number of nitrogens with one attached hydrogen (secondary N) is 2. The Balaban J connectivity index is 1.87. The highest BCUT2D eigenvalue weighted by Crippen LogP contribution is 2.14. The van der Waals surface area contributed by atoms with Crippen LogP contribution in [0, 0.1) is 6.92 Å². The van der Waals surface area contributed by atoms with Gasteiger partial charge in [-0.3, -0.25) is 0 Å². The van der Waals surface area contributed by atoms with Gasteiger partial charge in [-0.15, -0.1) is 0 Å². The van der Waals surface area contributed by atoms with Crippen LogP contribution in [-0.2, 0) is 4.74 Å². The Labute approximate surface area is 115 Å². The fourth-order valence-corrected chi connectivity index (χ4v) is 2.14. The number of ether oxygens (including phenoxy) is 1. The molecule has 2 rings (SSSR count). The number of hydrogen-bond acceptors (Lipinski definition) is 5. The minimum atomic E-state index is 0.326. The van der Waals surface area contributed by atoms with Crippen LogP contribution < -0.4 is 10.6 Å². The SMILES string of the molecule is CCCCNc1nc(C)cc(NCC2CCCO2)n1. The summed E-state index contributed by atoms with van der Waals surface area (Å²) in [6.07, 6.45) is 4.93. The van der Waals surface area contributed by atoms with E-state index in [0.717, 1.165) is 44.0 Å². The number of aryl methyl sites for hydroxylation is 1. The standard InChI is InChI=1S/C14H24N4O/c1-3-4-7-15-14-17-11(2)9-13(18-14)16-10-12-6-5-8-19-12/h9,12H,3-8,10H2,1-2H3,(H2,15,16,17,18). The molecule has 1 saturated heterocycles. The molecule has 5 heteroatoms. The molecule has 0 saturated carbocycles. The van der Waals surface area contributed by atoms with Gasteiger partial charge < -0.3 is 15.4 Å². The Kier molecular flexibility index (Phi) is 5.39. The van der Waals surface area contributed by atoms with Crippen molar-refractivity contribution in [2.45, 2.75) is 45.6 Å². The maximum absolute atomic E-state index is 5.59. The molecule has 5 nitrogen and oxygen atoms in total. The Bertz CT molecular complexity index is 391. The van der Waals surface area contributed by atoms with Crippen molar-refractivity contribution in [2.75, 3.05) is 30.3 Å². The Morgan fingerprint density at radius 2 is 2.26 bits per heavy atom. The highest BCUT2D eigenvalue weighted by molar-refractivity contribution is 5.42. The minimum Gasteiger partial charge on any atom is -0.376 e. The van der Waals surface area contributed by atoms with Gasteiger partial charge in [0.05, 0.1) is 6.10 Å². The van der Waals surface area contributed by atoms with Crippen LogP contribution in [0.15, 0.2) is 6.07 Å². The van der Waals surface area contributed by atoms with Crippen molar-refractivity contribution in [2.24, 2.45) is 0 Å². The topological polar surface area (TPSA) is 59.1 Å². The summed E-state index contributed by atoms with van der Waals surface area (Å²) in [5, 5.41) is 6.60. The molecule has 0 amide bonds. The maximum Gasteiger partial charge on any atom is 0.224 e. The van der Waals surface area contributed by atoms with E-state index in [1.807, 2.05) is 13.0 Å². The fraction of sp³-hybridized carbons (Fsp3) is 0.714. The molecule has 0 aliphatic carbocycles. The zero-order valence-electron chi connectivity index (χ0n) is 11.9. The van der Waals surface area contributed by atoms with Gasteiger partial charge in [0.15, 0.2) is 0 Å². The second-order valence-electron chi connectivity index (χ2n) is 5.01. The van der Waals surface area contributed by atoms with Gasteiger partial charge in [-0.25, -0.2) is 4.98 Å². The first kappa shape index (κ1) is 14.1. The van der Waals surface area contributed by atoms with Gasteiger partial charge >= 0.3 is 0 Å². The van der Waals surface area contributed by atoms with Crippen LogP contribution >= 0.6 is 0 Å². The Morgan fingerprint density at radius 3 is 3.00 bits per heavy atom. The lowest BCUT2D eigenvalue weighted by atomic mass is 10.2. The summed E-state index contributed by atoms with van der Waals surface area (Å²) in [5.74, 6) is 1.59. The number of anilines is 2. The second kappa shape index (κ2) is 7.28. The van der Waals surface area contributed by atoms with E-state index in [-0.39, 0.29) is 0 Å². The average molecular weight is 264 g/mol. The third-order valence-corrected chi connectivity index (χ3v) is 3.20. The molecule has 0 spiro atoms. The molecular formula is C14H24N4O. The number of rotatable bonds is 7. The summed E-state index contributed by atoms with van der Waals surface area (Å²) >= 11 is 0. The molecule has 19 heavy (non-hydrogen) atoms. The predicted molar refractivity (Wildman–Crippen MR) is 77.6 cm³/mol. The Morgan fingerprint density at radius 1 is 1.37 bits per heavy atom. The first-order valence-corrected chi connectivity index (χ1v) is 7.23. The lowest BCUT2D eigenvalue weighted by Crippen LogP contribution is -2.19. The molecule has 0 bridgehead atoms. The lowest BCUT2D eigenvalue weighted by Gasteiger charge is -2.13. The zero-order valence-corrected chi connectivity index (χ0v) is 11.9. The van der Waals surface area contributed by atoms with Gasteiger partial charge in [-0.1, -0.05) is 13.3 Å². The first-order chi connectivity index (χ1) is 9.28. The van der Waals surface area contributed by atoms with Crippen LogP contribution in [0.5, 0.6) is 0 Å². The van der Waals surface area contributed by atoms with E-state index < -0.39 is 0 Å². The van der Waals surface area contributed by atoms with E-state index in [1.54, 1.807) is 0 Å². The van der Waals surface area contributed by atoms with E-state index in [2.05, 4.69) is 27.5 Å². The van der Waals surface area contributed by atoms with Crippen LogP contribution in [-0.4, -0.2) is 35.8 Å². The van der Waals surface area contributed by atoms with Gasteiger partial charge in [0.2, 0.25) is 5.95 Å². The van der Waals surface area contributed by atoms with E-state index in [4.69, 9.17) is 4.74 Å². The normalized spacial score (nSPS) is 18.5. The third kappa shape index (κ3) is 4.67. The quantitative estimate of drug-likeness (QED) is 0.741. The van der Waals surface area contributed by atoms with Crippen LogP contribution in [0.4, 0.5) is 11.8 Å². The number of hydrogen-bond donors (Lipinski definition) is 2. The van der Waals surface area contributed by atoms with E-state index in [1.165, 1.54) is 12.8 Å². The van der Waals surface area contributed by atoms with Crippen molar-refractivity contribution in [3.63, 3.8) is 0 Å². The summed E-state index contributed by atoms with van der Waals surface area (Å²) < 4.78 is 5.59. The molecule has 1 aromatic heterocycles. The highest BCUT2D eigenvalue weighted by Gasteiger charge is 2.15. The maximum atomic E-state index is 5.59. The molecular weight excluding hydrogens is 240 g/mol. The van der Waals surface area contributed by atoms with Gasteiger partial charge in [0, 0.05) is 31.5 Å². The molecule has 1 fully saturated rings. The molecule has 0 aromatic carbocycles. The van der Waals surface area contributed by atoms with Gasteiger partial charge in [0.1, 0.15) is 5.82 Å². The first-order valence-electron chi connectivity index (χ1n) is 7.23. The van der Waals surface area contributed by atoms with Crippen LogP contribution in [0.3, 0.4) is 0 Å². The molecule has 106 valence electrons. The molecule has 1 aromatic rings. The number of nitrogens with zero attached hydrogens (tertiary/aromatic N) is 2. The van der Waals surface area contributed by atoms with E-state index in [0.29, 0.717) is 12.1 Å². The summed E-state index contributed by atoms with van der Waals surface area (Å²) in [6.45, 7) is 6.80. The number of unbranched alkanes of at least 4 members (excludes halogenated alkanes) is 1. The predicted octanol–water partition coefficient (Wildman–Crippen LogP) is 2.59. The molecule has 1 unspecified atom stereocenters. The second-order valence-corrected chi connectivity index (χ2v) is 5.01. The summed E-state index contributed by atoms with van der Waals surface area (Å²) in [4.78, 5) is 8.87. The fourth-order valence-electron chi connectivity index (χ4n) is 2.14. The van der Waals surface area contributed by atoms with Gasteiger partial charge in [0.25, 0.3) is 0 Å². The van der Waals surface area contributed by atoms with Crippen molar-refractivity contribution < 1.29 is 4.74 Å². The van der Waals surface area contributed by atoms with Gasteiger partial charge in [-0.05, 0) is 26.2 Å².